The Kier molecular flexibility index (Phi) is 8.16. The quantitative estimate of drug-likeness (QED) is 0.602. The fourth-order valence-electron chi connectivity index (χ4n) is 3.27. The van der Waals surface area contributed by atoms with E-state index in [1.807, 2.05) is 17.9 Å². The van der Waals surface area contributed by atoms with Crippen molar-refractivity contribution in [3.05, 3.63) is 42.0 Å². The summed E-state index contributed by atoms with van der Waals surface area (Å²) < 4.78 is 26.8. The number of piperidine rings is 1. The van der Waals surface area contributed by atoms with Crippen LogP contribution < -0.4 is 15.5 Å². The number of hydrogen-bond donors (Lipinski definition) is 2. The van der Waals surface area contributed by atoms with E-state index in [9.17, 15) is 18.4 Å². The Morgan fingerprint density at radius 2 is 2.06 bits per heavy atom. The Hall–Kier alpha value is -2.75. The van der Waals surface area contributed by atoms with Crippen molar-refractivity contribution in [1.82, 2.24) is 15.5 Å². The van der Waals surface area contributed by atoms with Crippen molar-refractivity contribution in [2.45, 2.75) is 31.2 Å². The third-order valence-electron chi connectivity index (χ3n) is 4.85. The van der Waals surface area contributed by atoms with E-state index >= 15 is 0 Å². The van der Waals surface area contributed by atoms with Gasteiger partial charge >= 0.3 is 0 Å². The molecule has 0 unspecified atom stereocenters. The van der Waals surface area contributed by atoms with Crippen molar-refractivity contribution in [3.63, 3.8) is 0 Å². The first-order chi connectivity index (χ1) is 15.0. The molecule has 166 valence electrons. The molecule has 0 bridgehead atoms. The molecule has 0 radical (unpaired) electrons. The molecular formula is C21H25F2N5O2S. The number of halogens is 2. The molecule has 2 N–H and O–H groups in total. The van der Waals surface area contributed by atoms with Crippen molar-refractivity contribution in [2.75, 3.05) is 35.6 Å². The standard InChI is InChI=1S/C21H25F2N5O2S/c1-2-9-24-21(30)14-4-3-10-28(12-14)18-7-8-20(27-26-18)31-13-19(29)25-17-11-15(22)5-6-16(17)23/h5-8,11,14H,2-4,9-10,12-13H2,1H3,(H,24,30)(H,25,29)/t14-/m1/s1. The molecule has 1 aromatic carbocycles. The molecule has 2 heterocycles. The first-order valence-corrected chi connectivity index (χ1v) is 11.2. The summed E-state index contributed by atoms with van der Waals surface area (Å²) in [5.41, 5.74) is -0.199. The lowest BCUT2D eigenvalue weighted by molar-refractivity contribution is -0.125. The van der Waals surface area contributed by atoms with Crippen LogP contribution in [0.25, 0.3) is 0 Å². The number of amides is 2. The summed E-state index contributed by atoms with van der Waals surface area (Å²) in [7, 11) is 0. The molecule has 31 heavy (non-hydrogen) atoms. The highest BCUT2D eigenvalue weighted by Gasteiger charge is 2.26. The van der Waals surface area contributed by atoms with Crippen molar-refractivity contribution in [1.29, 1.82) is 0 Å². The van der Waals surface area contributed by atoms with Gasteiger partial charge in [-0.3, -0.25) is 9.59 Å². The summed E-state index contributed by atoms with van der Waals surface area (Å²) in [6.45, 7) is 4.10. The van der Waals surface area contributed by atoms with Gasteiger partial charge in [0.1, 0.15) is 16.7 Å². The van der Waals surface area contributed by atoms with Crippen molar-refractivity contribution in [2.24, 2.45) is 5.92 Å². The minimum atomic E-state index is -0.702. The predicted molar refractivity (Wildman–Crippen MR) is 116 cm³/mol. The average Bonchev–Trinajstić information content (AvgIpc) is 2.79. The normalized spacial score (nSPS) is 16.1. The maximum absolute atomic E-state index is 13.6. The van der Waals surface area contributed by atoms with Gasteiger partial charge in [-0.2, -0.15) is 0 Å². The monoisotopic (exact) mass is 449 g/mol. The molecule has 1 saturated heterocycles. The molecule has 0 saturated carbocycles. The van der Waals surface area contributed by atoms with Crippen LogP contribution in [0.5, 0.6) is 0 Å². The smallest absolute Gasteiger partial charge is 0.234 e. The number of rotatable bonds is 8. The Balaban J connectivity index is 1.51. The Morgan fingerprint density at radius 1 is 1.23 bits per heavy atom. The zero-order valence-corrected chi connectivity index (χ0v) is 18.1. The number of anilines is 2. The van der Waals surface area contributed by atoms with Gasteiger partial charge in [0.15, 0.2) is 5.82 Å². The molecular weight excluding hydrogens is 424 g/mol. The fraction of sp³-hybridized carbons (Fsp3) is 0.429. The first kappa shape index (κ1) is 22.9. The van der Waals surface area contributed by atoms with Crippen LogP contribution in [0.4, 0.5) is 20.3 Å². The average molecular weight is 450 g/mol. The van der Waals surface area contributed by atoms with Crippen LogP contribution in [0.15, 0.2) is 35.4 Å². The molecule has 0 spiro atoms. The van der Waals surface area contributed by atoms with E-state index in [0.717, 1.165) is 55.8 Å². The summed E-state index contributed by atoms with van der Waals surface area (Å²) in [6, 6.07) is 6.44. The minimum absolute atomic E-state index is 0.0205. The van der Waals surface area contributed by atoms with Gasteiger partial charge in [0, 0.05) is 25.7 Å². The molecule has 1 aliphatic heterocycles. The number of benzene rings is 1. The van der Waals surface area contributed by atoms with E-state index in [0.29, 0.717) is 23.9 Å². The third kappa shape index (κ3) is 6.61. The summed E-state index contributed by atoms with van der Waals surface area (Å²) >= 11 is 1.14. The van der Waals surface area contributed by atoms with Crippen LogP contribution in [0.3, 0.4) is 0 Å². The van der Waals surface area contributed by atoms with Crippen LogP contribution in [-0.4, -0.2) is 47.4 Å². The topological polar surface area (TPSA) is 87.2 Å². The van der Waals surface area contributed by atoms with Gasteiger partial charge in [0.05, 0.1) is 17.4 Å². The van der Waals surface area contributed by atoms with Gasteiger partial charge < -0.3 is 15.5 Å². The Labute approximate surface area is 184 Å². The second-order valence-corrected chi connectivity index (χ2v) is 8.26. The van der Waals surface area contributed by atoms with E-state index < -0.39 is 17.5 Å². The van der Waals surface area contributed by atoms with Crippen LogP contribution in [0.2, 0.25) is 0 Å². The molecule has 1 aliphatic rings. The van der Waals surface area contributed by atoms with E-state index in [4.69, 9.17) is 0 Å². The SMILES string of the molecule is CCCNC(=O)[C@@H]1CCCN(c2ccc(SCC(=O)Nc3cc(F)ccc3F)nn2)C1. The predicted octanol–water partition coefficient (Wildman–Crippen LogP) is 3.23. The summed E-state index contributed by atoms with van der Waals surface area (Å²) in [5.74, 6) is -1.13. The van der Waals surface area contributed by atoms with Crippen molar-refractivity contribution < 1.29 is 18.4 Å². The van der Waals surface area contributed by atoms with E-state index in [-0.39, 0.29) is 23.3 Å². The number of nitrogens with one attached hydrogen (secondary N) is 2. The number of carbonyl (C=O) groups is 2. The number of hydrogen-bond acceptors (Lipinski definition) is 6. The minimum Gasteiger partial charge on any atom is -0.356 e. The summed E-state index contributed by atoms with van der Waals surface area (Å²) in [6.07, 6.45) is 2.66. The lowest BCUT2D eigenvalue weighted by atomic mass is 9.97. The zero-order valence-electron chi connectivity index (χ0n) is 17.2. The lowest BCUT2D eigenvalue weighted by Crippen LogP contribution is -2.43. The van der Waals surface area contributed by atoms with Gasteiger partial charge in [-0.25, -0.2) is 8.78 Å². The number of aromatic nitrogens is 2. The molecule has 7 nitrogen and oxygen atoms in total. The van der Waals surface area contributed by atoms with E-state index in [1.54, 1.807) is 6.07 Å². The van der Waals surface area contributed by atoms with E-state index in [1.165, 1.54) is 0 Å². The van der Waals surface area contributed by atoms with E-state index in [2.05, 4.69) is 20.8 Å². The molecule has 1 fully saturated rings. The molecule has 2 aromatic rings. The maximum atomic E-state index is 13.6. The second kappa shape index (κ2) is 11.0. The number of nitrogens with zero attached hydrogens (tertiary/aromatic N) is 3. The Morgan fingerprint density at radius 3 is 2.81 bits per heavy atom. The van der Waals surface area contributed by atoms with Crippen LogP contribution >= 0.6 is 11.8 Å². The number of thioether (sulfide) groups is 1. The molecule has 1 atom stereocenters. The molecule has 3 rings (SSSR count). The summed E-state index contributed by atoms with van der Waals surface area (Å²) in [4.78, 5) is 26.3. The highest BCUT2D eigenvalue weighted by molar-refractivity contribution is 7.99. The highest BCUT2D eigenvalue weighted by Crippen LogP contribution is 2.23. The highest BCUT2D eigenvalue weighted by atomic mass is 32.2. The molecule has 10 heteroatoms. The Bertz CT molecular complexity index is 913. The zero-order chi connectivity index (χ0) is 22.2. The van der Waals surface area contributed by atoms with Crippen molar-refractivity contribution >= 4 is 35.1 Å². The van der Waals surface area contributed by atoms with Gasteiger partial charge in [0.25, 0.3) is 0 Å². The van der Waals surface area contributed by atoms with Crippen LogP contribution in [0.1, 0.15) is 26.2 Å². The first-order valence-electron chi connectivity index (χ1n) is 10.2. The van der Waals surface area contributed by atoms with Gasteiger partial charge in [-0.15, -0.1) is 10.2 Å². The van der Waals surface area contributed by atoms with Crippen molar-refractivity contribution in [3.8, 4) is 0 Å². The second-order valence-electron chi connectivity index (χ2n) is 7.27. The fourth-order valence-corrected chi connectivity index (χ4v) is 3.88. The van der Waals surface area contributed by atoms with Crippen LogP contribution in [0, 0.1) is 17.6 Å². The largest absolute Gasteiger partial charge is 0.356 e. The molecule has 2 amide bonds. The lowest BCUT2D eigenvalue weighted by Gasteiger charge is -2.32. The maximum Gasteiger partial charge on any atom is 0.234 e. The third-order valence-corrected chi connectivity index (χ3v) is 5.77. The van der Waals surface area contributed by atoms with Gasteiger partial charge in [-0.05, 0) is 43.5 Å². The van der Waals surface area contributed by atoms with Gasteiger partial charge in [-0.1, -0.05) is 18.7 Å². The number of carbonyl (C=O) groups excluding carboxylic acids is 2. The molecule has 1 aromatic heterocycles. The van der Waals surface area contributed by atoms with Crippen LogP contribution in [-0.2, 0) is 9.59 Å². The molecule has 0 aliphatic carbocycles. The summed E-state index contributed by atoms with van der Waals surface area (Å²) in [5, 5.41) is 14.2. The van der Waals surface area contributed by atoms with Gasteiger partial charge in [0.2, 0.25) is 11.8 Å².